The van der Waals surface area contributed by atoms with Gasteiger partial charge in [-0.1, -0.05) is 31.4 Å². The lowest BCUT2D eigenvalue weighted by Crippen LogP contribution is -2.51. The van der Waals surface area contributed by atoms with Crippen LogP contribution in [0.25, 0.3) is 0 Å². The van der Waals surface area contributed by atoms with Crippen LogP contribution in [0.1, 0.15) is 75.7 Å². The largest absolute Gasteiger partial charge is 0.397 e. The minimum Gasteiger partial charge on any atom is -0.397 e. The molecule has 0 amide bonds. The molecule has 4 N–H and O–H groups in total. The van der Waals surface area contributed by atoms with Crippen molar-refractivity contribution in [3.63, 3.8) is 0 Å². The van der Waals surface area contributed by atoms with E-state index in [1.165, 1.54) is 69.8 Å². The van der Waals surface area contributed by atoms with Crippen LogP contribution in [0.3, 0.4) is 0 Å². The monoisotopic (exact) mass is 339 g/mol. The van der Waals surface area contributed by atoms with E-state index in [-0.39, 0.29) is 0 Å². The molecule has 2 saturated carbocycles. The van der Waals surface area contributed by atoms with Crippen molar-refractivity contribution in [1.29, 1.82) is 0 Å². The third-order valence-corrected chi connectivity index (χ3v) is 7.93. The zero-order chi connectivity index (χ0) is 17.0. The first-order chi connectivity index (χ1) is 12.2. The maximum absolute atomic E-state index is 6.33. The van der Waals surface area contributed by atoms with Crippen molar-refractivity contribution in [2.45, 2.75) is 88.3 Å². The molecule has 4 aliphatic rings. The Hall–Kier alpha value is -1.22. The molecule has 2 heterocycles. The van der Waals surface area contributed by atoms with Gasteiger partial charge in [0.15, 0.2) is 0 Å². The van der Waals surface area contributed by atoms with E-state index in [9.17, 15) is 0 Å². The van der Waals surface area contributed by atoms with Gasteiger partial charge in [-0.3, -0.25) is 4.90 Å². The van der Waals surface area contributed by atoms with E-state index in [1.54, 1.807) is 0 Å². The van der Waals surface area contributed by atoms with Crippen LogP contribution in [-0.4, -0.2) is 23.0 Å². The number of nitrogens with two attached hydrogens (primary N) is 2. The molecule has 4 fully saturated rings. The lowest BCUT2D eigenvalue weighted by molar-refractivity contribution is 0.0152. The average Bonchev–Trinajstić information content (AvgIpc) is 2.87. The maximum atomic E-state index is 6.33. The molecule has 1 aromatic carbocycles. The predicted octanol–water partition coefficient (Wildman–Crippen LogP) is 4.53. The third kappa shape index (κ3) is 2.75. The number of anilines is 2. The van der Waals surface area contributed by atoms with Gasteiger partial charge in [-0.25, -0.2) is 0 Å². The lowest BCUT2D eigenvalue weighted by Gasteiger charge is -2.49. The standard InChI is InChI=1S/C22H33N3/c23-21-6-2-5-20(22(21)24)16-12-17-7-8-18(13-16)25(17)19-10-14-3-1-4-15(9-14)11-19/h2,5-6,14-19H,1,3-4,7-13,23-24H2. The number of para-hydroxylation sites is 1. The Bertz CT molecular complexity index is 616. The summed E-state index contributed by atoms with van der Waals surface area (Å²) in [4.78, 5) is 2.99. The number of nitrogen functional groups attached to an aromatic ring is 2. The van der Waals surface area contributed by atoms with Gasteiger partial charge in [-0.05, 0) is 74.3 Å². The zero-order valence-electron chi connectivity index (χ0n) is 15.4. The molecule has 3 heteroatoms. The Kier molecular flexibility index (Phi) is 3.96. The number of benzene rings is 1. The quantitative estimate of drug-likeness (QED) is 0.778. The number of hydrogen-bond acceptors (Lipinski definition) is 3. The summed E-state index contributed by atoms with van der Waals surface area (Å²) >= 11 is 0. The topological polar surface area (TPSA) is 55.3 Å². The summed E-state index contributed by atoms with van der Waals surface area (Å²) in [6.45, 7) is 0. The number of rotatable bonds is 2. The SMILES string of the molecule is Nc1cccc(C2CC3CCC(C2)N3C2CC3CCCC(C3)C2)c1N. The molecule has 2 aliphatic carbocycles. The molecular formula is C22H33N3. The summed E-state index contributed by atoms with van der Waals surface area (Å²) in [5, 5.41) is 0. The van der Waals surface area contributed by atoms with E-state index in [0.717, 1.165) is 41.3 Å². The van der Waals surface area contributed by atoms with Crippen molar-refractivity contribution in [1.82, 2.24) is 4.90 Å². The van der Waals surface area contributed by atoms with Gasteiger partial charge in [0.2, 0.25) is 0 Å². The third-order valence-electron chi connectivity index (χ3n) is 7.93. The second kappa shape index (κ2) is 6.19. The fraction of sp³-hybridized carbons (Fsp3) is 0.727. The van der Waals surface area contributed by atoms with E-state index >= 15 is 0 Å². The minimum absolute atomic E-state index is 0.611. The summed E-state index contributed by atoms with van der Waals surface area (Å²) < 4.78 is 0. The van der Waals surface area contributed by atoms with Crippen molar-refractivity contribution in [3.8, 4) is 0 Å². The van der Waals surface area contributed by atoms with Crippen LogP contribution in [0.2, 0.25) is 0 Å². The summed E-state index contributed by atoms with van der Waals surface area (Å²) in [7, 11) is 0. The average molecular weight is 340 g/mol. The van der Waals surface area contributed by atoms with Crippen molar-refractivity contribution < 1.29 is 0 Å². The smallest absolute Gasteiger partial charge is 0.0583 e. The van der Waals surface area contributed by atoms with Gasteiger partial charge in [-0.2, -0.15) is 0 Å². The van der Waals surface area contributed by atoms with E-state index in [4.69, 9.17) is 11.5 Å². The van der Waals surface area contributed by atoms with Gasteiger partial charge in [0.1, 0.15) is 0 Å². The maximum Gasteiger partial charge on any atom is 0.0583 e. The van der Waals surface area contributed by atoms with E-state index < -0.39 is 0 Å². The van der Waals surface area contributed by atoms with Crippen LogP contribution >= 0.6 is 0 Å². The van der Waals surface area contributed by atoms with Crippen LogP contribution in [0, 0.1) is 11.8 Å². The fourth-order valence-electron chi connectivity index (χ4n) is 6.96. The normalized spacial score (nSPS) is 41.0. The zero-order valence-corrected chi connectivity index (χ0v) is 15.4. The van der Waals surface area contributed by atoms with Gasteiger partial charge in [0, 0.05) is 18.1 Å². The van der Waals surface area contributed by atoms with Crippen molar-refractivity contribution >= 4 is 11.4 Å². The van der Waals surface area contributed by atoms with Crippen LogP contribution < -0.4 is 11.5 Å². The molecule has 2 aliphatic heterocycles. The van der Waals surface area contributed by atoms with E-state index in [0.29, 0.717) is 5.92 Å². The van der Waals surface area contributed by atoms with Crippen molar-refractivity contribution in [2.24, 2.45) is 11.8 Å². The number of nitrogens with zero attached hydrogens (tertiary/aromatic N) is 1. The Balaban J connectivity index is 1.34. The van der Waals surface area contributed by atoms with Gasteiger partial charge >= 0.3 is 0 Å². The number of hydrogen-bond donors (Lipinski definition) is 2. The first-order valence-electron chi connectivity index (χ1n) is 10.6. The highest BCUT2D eigenvalue weighted by Crippen LogP contribution is 2.50. The fourth-order valence-corrected chi connectivity index (χ4v) is 6.96. The first-order valence-corrected chi connectivity index (χ1v) is 10.6. The highest BCUT2D eigenvalue weighted by Gasteiger charge is 2.46. The molecule has 5 rings (SSSR count). The molecular weight excluding hydrogens is 306 g/mol. The van der Waals surface area contributed by atoms with Gasteiger partial charge < -0.3 is 11.5 Å². The molecule has 2 saturated heterocycles. The number of piperidine rings is 1. The van der Waals surface area contributed by atoms with E-state index in [2.05, 4.69) is 17.0 Å². The molecule has 0 aromatic heterocycles. The molecule has 0 spiro atoms. The summed E-state index contributed by atoms with van der Waals surface area (Å²) in [5.41, 5.74) is 15.3. The van der Waals surface area contributed by atoms with Gasteiger partial charge in [0.25, 0.3) is 0 Å². The highest BCUT2D eigenvalue weighted by molar-refractivity contribution is 5.68. The minimum atomic E-state index is 0.611. The van der Waals surface area contributed by atoms with Crippen molar-refractivity contribution in [3.05, 3.63) is 23.8 Å². The Morgan fingerprint density at radius 3 is 2.12 bits per heavy atom. The molecule has 4 unspecified atom stereocenters. The second-order valence-corrected chi connectivity index (χ2v) is 9.37. The molecule has 3 nitrogen and oxygen atoms in total. The van der Waals surface area contributed by atoms with Crippen molar-refractivity contribution in [2.75, 3.05) is 11.5 Å². The molecule has 0 radical (unpaired) electrons. The summed E-state index contributed by atoms with van der Waals surface area (Å²) in [5.74, 6) is 2.67. The molecule has 1 aromatic rings. The van der Waals surface area contributed by atoms with E-state index in [1.807, 2.05) is 6.07 Å². The molecule has 4 bridgehead atoms. The van der Waals surface area contributed by atoms with Crippen LogP contribution in [-0.2, 0) is 0 Å². The summed E-state index contributed by atoms with van der Waals surface area (Å²) in [6, 6.07) is 8.68. The first kappa shape index (κ1) is 16.0. The molecule has 4 atom stereocenters. The highest BCUT2D eigenvalue weighted by atomic mass is 15.2. The van der Waals surface area contributed by atoms with Gasteiger partial charge in [-0.15, -0.1) is 0 Å². The Labute approximate surface area is 152 Å². The molecule has 136 valence electrons. The number of fused-ring (bicyclic) bond motifs is 4. The van der Waals surface area contributed by atoms with Crippen LogP contribution in [0.15, 0.2) is 18.2 Å². The van der Waals surface area contributed by atoms with Crippen LogP contribution in [0.5, 0.6) is 0 Å². The Morgan fingerprint density at radius 2 is 1.44 bits per heavy atom. The lowest BCUT2D eigenvalue weighted by atomic mass is 9.69. The van der Waals surface area contributed by atoms with Crippen LogP contribution in [0.4, 0.5) is 11.4 Å². The summed E-state index contributed by atoms with van der Waals surface area (Å²) in [6.07, 6.45) is 14.4. The Morgan fingerprint density at radius 1 is 0.760 bits per heavy atom. The predicted molar refractivity (Wildman–Crippen MR) is 104 cm³/mol. The molecule has 25 heavy (non-hydrogen) atoms. The second-order valence-electron chi connectivity index (χ2n) is 9.37. The van der Waals surface area contributed by atoms with Gasteiger partial charge in [0.05, 0.1) is 11.4 Å².